The molecule has 1 atom stereocenters. The predicted molar refractivity (Wildman–Crippen MR) is 82.5 cm³/mol. The number of likely N-dealkylation sites (N-methyl/N-ethyl adjacent to an activating group) is 2. The van der Waals surface area contributed by atoms with Crippen LogP contribution in [-0.4, -0.2) is 61.4 Å². The van der Waals surface area contributed by atoms with Crippen molar-refractivity contribution in [3.05, 3.63) is 5.89 Å². The maximum absolute atomic E-state index is 5.48. The lowest BCUT2D eigenvalue weighted by atomic mass is 9.95. The second-order valence-electron chi connectivity index (χ2n) is 6.42. The van der Waals surface area contributed by atoms with Crippen LogP contribution < -0.4 is 10.2 Å². The number of hydrogen-bond acceptors (Lipinski definition) is 6. The quantitative estimate of drug-likeness (QED) is 0.878. The Labute approximate surface area is 126 Å². The summed E-state index contributed by atoms with van der Waals surface area (Å²) in [4.78, 5) is 9.15. The number of anilines is 1. The smallest absolute Gasteiger partial charge is 0.266 e. The molecule has 1 unspecified atom stereocenters. The van der Waals surface area contributed by atoms with Crippen molar-refractivity contribution >= 4 is 5.95 Å². The first-order valence-electron chi connectivity index (χ1n) is 8.19. The molecule has 3 rings (SSSR count). The first kappa shape index (κ1) is 14.8. The van der Waals surface area contributed by atoms with E-state index in [2.05, 4.69) is 32.3 Å². The van der Waals surface area contributed by atoms with Gasteiger partial charge in [-0.25, -0.2) is 0 Å². The predicted octanol–water partition coefficient (Wildman–Crippen LogP) is 1.14. The minimum Gasteiger partial charge on any atom is -0.337 e. The molecule has 0 bridgehead atoms. The summed E-state index contributed by atoms with van der Waals surface area (Å²) in [6.45, 7) is 4.08. The lowest BCUT2D eigenvalue weighted by Crippen LogP contribution is -2.45. The van der Waals surface area contributed by atoms with Crippen molar-refractivity contribution in [3.63, 3.8) is 0 Å². The molecule has 118 valence electrons. The Balaban J connectivity index is 1.59. The Kier molecular flexibility index (Phi) is 4.75. The number of hydrogen-bond donors (Lipinski definition) is 1. The van der Waals surface area contributed by atoms with E-state index in [1.165, 1.54) is 25.7 Å². The highest BCUT2D eigenvalue weighted by Gasteiger charge is 2.26. The third kappa shape index (κ3) is 3.55. The molecular formula is C15H27N5O. The fourth-order valence-corrected chi connectivity index (χ4v) is 3.52. The second kappa shape index (κ2) is 6.75. The SMILES string of the molecule is CNC(Cc1nc(N2CCN(C)CC2)no1)C1CCCC1. The van der Waals surface area contributed by atoms with Crippen molar-refractivity contribution in [2.75, 3.05) is 45.2 Å². The summed E-state index contributed by atoms with van der Waals surface area (Å²) in [5, 5.41) is 7.61. The van der Waals surface area contributed by atoms with Crippen molar-refractivity contribution in [3.8, 4) is 0 Å². The molecule has 1 saturated carbocycles. The van der Waals surface area contributed by atoms with Gasteiger partial charge in [0, 0.05) is 38.6 Å². The first-order chi connectivity index (χ1) is 10.3. The normalized spacial score (nSPS) is 22.9. The molecule has 0 spiro atoms. The molecule has 6 heteroatoms. The van der Waals surface area contributed by atoms with Crippen LogP contribution in [0.3, 0.4) is 0 Å². The summed E-state index contributed by atoms with van der Waals surface area (Å²) in [6, 6.07) is 0.466. The molecule has 2 heterocycles. The van der Waals surface area contributed by atoms with Crippen LogP contribution in [-0.2, 0) is 6.42 Å². The third-order valence-corrected chi connectivity index (χ3v) is 4.98. The van der Waals surface area contributed by atoms with Crippen LogP contribution >= 0.6 is 0 Å². The Hall–Kier alpha value is -1.14. The van der Waals surface area contributed by atoms with Gasteiger partial charge in [0.15, 0.2) is 0 Å². The summed E-state index contributed by atoms with van der Waals surface area (Å²) in [5.74, 6) is 2.29. The summed E-state index contributed by atoms with van der Waals surface area (Å²) in [6.07, 6.45) is 6.22. The highest BCUT2D eigenvalue weighted by Crippen LogP contribution is 2.29. The molecule has 1 aliphatic heterocycles. The standard InChI is InChI=1S/C15H27N5O/c1-16-13(12-5-3-4-6-12)11-14-17-15(18-21-14)20-9-7-19(2)8-10-20/h12-13,16H,3-11H2,1-2H3. The van der Waals surface area contributed by atoms with Gasteiger partial charge in [-0.3, -0.25) is 0 Å². The van der Waals surface area contributed by atoms with E-state index in [9.17, 15) is 0 Å². The van der Waals surface area contributed by atoms with Crippen LogP contribution in [0.15, 0.2) is 4.52 Å². The van der Waals surface area contributed by atoms with Crippen LogP contribution in [0, 0.1) is 5.92 Å². The molecule has 2 fully saturated rings. The number of piperazine rings is 1. The third-order valence-electron chi connectivity index (χ3n) is 4.98. The van der Waals surface area contributed by atoms with Crippen LogP contribution in [0.5, 0.6) is 0 Å². The molecule has 1 saturated heterocycles. The van der Waals surface area contributed by atoms with Crippen molar-refractivity contribution in [2.24, 2.45) is 5.92 Å². The van der Waals surface area contributed by atoms with Crippen molar-refractivity contribution in [2.45, 2.75) is 38.1 Å². The van der Waals surface area contributed by atoms with Crippen LogP contribution in [0.25, 0.3) is 0 Å². The minimum atomic E-state index is 0.466. The Morgan fingerprint density at radius 2 is 1.95 bits per heavy atom. The zero-order valence-electron chi connectivity index (χ0n) is 13.2. The largest absolute Gasteiger partial charge is 0.337 e. The van der Waals surface area contributed by atoms with E-state index in [-0.39, 0.29) is 0 Å². The zero-order chi connectivity index (χ0) is 14.7. The van der Waals surface area contributed by atoms with Crippen LogP contribution in [0.2, 0.25) is 0 Å². The molecule has 1 N–H and O–H groups in total. The van der Waals surface area contributed by atoms with Crippen molar-refractivity contribution < 1.29 is 4.52 Å². The zero-order valence-corrected chi connectivity index (χ0v) is 13.2. The molecule has 0 radical (unpaired) electrons. The average Bonchev–Trinajstić information content (AvgIpc) is 3.17. The van der Waals surface area contributed by atoms with Gasteiger partial charge in [-0.05, 0) is 38.0 Å². The second-order valence-corrected chi connectivity index (χ2v) is 6.42. The van der Waals surface area contributed by atoms with E-state index >= 15 is 0 Å². The van der Waals surface area contributed by atoms with Crippen molar-refractivity contribution in [1.29, 1.82) is 0 Å². The number of aromatic nitrogens is 2. The molecule has 6 nitrogen and oxygen atoms in total. The highest BCUT2D eigenvalue weighted by atomic mass is 16.5. The van der Waals surface area contributed by atoms with E-state index in [1.54, 1.807) is 0 Å². The van der Waals surface area contributed by atoms with Gasteiger partial charge in [0.25, 0.3) is 5.95 Å². The van der Waals surface area contributed by atoms with Crippen LogP contribution in [0.1, 0.15) is 31.6 Å². The topological polar surface area (TPSA) is 57.4 Å². The van der Waals surface area contributed by atoms with E-state index in [1.807, 2.05) is 7.05 Å². The number of nitrogens with one attached hydrogen (secondary N) is 1. The van der Waals surface area contributed by atoms with Gasteiger partial charge in [-0.1, -0.05) is 12.8 Å². The Bertz CT molecular complexity index is 435. The molecule has 1 aromatic heterocycles. The van der Waals surface area contributed by atoms with Gasteiger partial charge in [0.1, 0.15) is 0 Å². The first-order valence-corrected chi connectivity index (χ1v) is 8.19. The van der Waals surface area contributed by atoms with Gasteiger partial charge < -0.3 is 19.6 Å². The number of nitrogens with zero attached hydrogens (tertiary/aromatic N) is 4. The van der Waals surface area contributed by atoms with Gasteiger partial charge in [-0.15, -0.1) is 0 Å². The fraction of sp³-hybridized carbons (Fsp3) is 0.867. The number of rotatable bonds is 5. The monoisotopic (exact) mass is 293 g/mol. The Morgan fingerprint density at radius 3 is 2.62 bits per heavy atom. The van der Waals surface area contributed by atoms with E-state index in [0.717, 1.165) is 50.4 Å². The van der Waals surface area contributed by atoms with E-state index < -0.39 is 0 Å². The van der Waals surface area contributed by atoms with Gasteiger partial charge in [-0.2, -0.15) is 4.98 Å². The maximum Gasteiger partial charge on any atom is 0.266 e. The molecule has 2 aliphatic rings. The summed E-state index contributed by atoms with van der Waals surface area (Å²) >= 11 is 0. The van der Waals surface area contributed by atoms with E-state index in [4.69, 9.17) is 4.52 Å². The van der Waals surface area contributed by atoms with E-state index in [0.29, 0.717) is 6.04 Å². The summed E-state index contributed by atoms with van der Waals surface area (Å²) in [5.41, 5.74) is 0. The van der Waals surface area contributed by atoms with Gasteiger partial charge in [0.2, 0.25) is 5.89 Å². The molecule has 0 aromatic carbocycles. The molecule has 1 aromatic rings. The average molecular weight is 293 g/mol. The van der Waals surface area contributed by atoms with Gasteiger partial charge >= 0.3 is 0 Å². The molecular weight excluding hydrogens is 266 g/mol. The highest BCUT2D eigenvalue weighted by molar-refractivity contribution is 5.28. The van der Waals surface area contributed by atoms with Crippen molar-refractivity contribution in [1.82, 2.24) is 20.4 Å². The lowest BCUT2D eigenvalue weighted by Gasteiger charge is -2.31. The summed E-state index contributed by atoms with van der Waals surface area (Å²) in [7, 11) is 4.19. The minimum absolute atomic E-state index is 0.466. The maximum atomic E-state index is 5.48. The molecule has 21 heavy (non-hydrogen) atoms. The molecule has 1 aliphatic carbocycles. The van der Waals surface area contributed by atoms with Gasteiger partial charge in [0.05, 0.1) is 0 Å². The molecule has 0 amide bonds. The Morgan fingerprint density at radius 1 is 1.24 bits per heavy atom. The van der Waals surface area contributed by atoms with Crippen LogP contribution in [0.4, 0.5) is 5.95 Å². The fourth-order valence-electron chi connectivity index (χ4n) is 3.52. The lowest BCUT2D eigenvalue weighted by molar-refractivity contribution is 0.305. The summed E-state index contributed by atoms with van der Waals surface area (Å²) < 4.78 is 5.48.